The molecule has 1 aliphatic heterocycles. The van der Waals surface area contributed by atoms with Crippen molar-refractivity contribution in [3.05, 3.63) is 29.8 Å². The number of carbonyl (C=O) groups is 2. The number of hydrogen-bond acceptors (Lipinski definition) is 3. The fourth-order valence-corrected chi connectivity index (χ4v) is 2.64. The minimum atomic E-state index is -1.08. The van der Waals surface area contributed by atoms with Crippen LogP contribution >= 0.6 is 0 Å². The number of rotatable bonds is 3. The van der Waals surface area contributed by atoms with Crippen molar-refractivity contribution in [2.24, 2.45) is 0 Å². The molecule has 0 spiro atoms. The summed E-state index contributed by atoms with van der Waals surface area (Å²) in [6.45, 7) is 4.25. The molecule has 2 amide bonds. The molecule has 0 aromatic heterocycles. The minimum absolute atomic E-state index is 0.0537. The Hall–Kier alpha value is -2.08. The molecule has 1 fully saturated rings. The summed E-state index contributed by atoms with van der Waals surface area (Å²) in [5, 5.41) is 18.9. The van der Waals surface area contributed by atoms with Gasteiger partial charge in [0, 0.05) is 25.2 Å². The van der Waals surface area contributed by atoms with Crippen LogP contribution in [0.5, 0.6) is 0 Å². The lowest BCUT2D eigenvalue weighted by molar-refractivity contribution is -0.141. The van der Waals surface area contributed by atoms with Crippen LogP contribution in [0.15, 0.2) is 24.3 Å². The molecule has 6 heteroatoms. The van der Waals surface area contributed by atoms with Gasteiger partial charge in [-0.2, -0.15) is 0 Å². The molecule has 0 aliphatic carbocycles. The predicted octanol–water partition coefficient (Wildman–Crippen LogP) is 1.46. The molecule has 21 heavy (non-hydrogen) atoms. The van der Waals surface area contributed by atoms with Gasteiger partial charge in [-0.3, -0.25) is 4.90 Å². The fraction of sp³-hybridized carbons (Fsp3) is 0.467. The molecular weight excluding hydrogens is 272 g/mol. The molecule has 6 nitrogen and oxygen atoms in total. The van der Waals surface area contributed by atoms with E-state index in [-0.39, 0.29) is 19.0 Å². The summed E-state index contributed by atoms with van der Waals surface area (Å²) < 4.78 is 0. The number of urea groups is 1. The molecule has 1 aromatic rings. The fourth-order valence-electron chi connectivity index (χ4n) is 2.64. The first-order valence-corrected chi connectivity index (χ1v) is 6.99. The molecule has 1 heterocycles. The number of aliphatic carboxylic acids is 1. The largest absolute Gasteiger partial charge is 0.480 e. The summed E-state index contributed by atoms with van der Waals surface area (Å²) in [4.78, 5) is 26.6. The van der Waals surface area contributed by atoms with Crippen LogP contribution in [0.1, 0.15) is 18.9 Å². The van der Waals surface area contributed by atoms with Crippen LogP contribution in [-0.2, 0) is 4.79 Å². The van der Waals surface area contributed by atoms with Crippen LogP contribution in [0.2, 0.25) is 0 Å². The normalized spacial score (nSPS) is 21.4. The zero-order valence-electron chi connectivity index (χ0n) is 12.2. The number of aryl methyl sites for hydroxylation is 1. The molecular formula is C15H20N2O4. The first-order chi connectivity index (χ1) is 9.93. The van der Waals surface area contributed by atoms with Crippen LogP contribution in [-0.4, -0.2) is 52.3 Å². The van der Waals surface area contributed by atoms with Crippen LogP contribution in [0, 0.1) is 6.92 Å². The molecule has 1 aromatic carbocycles. The maximum absolute atomic E-state index is 12.6. The standard InChI is InChI=1S/C15H20N2O4/c1-3-16(11-6-4-5-10(2)7-11)15(21)17-9-12(18)8-13(17)14(19)20/h4-7,12-13,18H,3,8-9H2,1-2H3,(H,19,20)/t12?,13-/m0/s1. The number of carboxylic acid groups (broad SMARTS) is 1. The number of carboxylic acids is 1. The Morgan fingerprint density at radius 2 is 2.14 bits per heavy atom. The lowest BCUT2D eigenvalue weighted by Gasteiger charge is -2.29. The monoisotopic (exact) mass is 292 g/mol. The van der Waals surface area contributed by atoms with Crippen LogP contribution in [0.4, 0.5) is 10.5 Å². The maximum Gasteiger partial charge on any atom is 0.326 e. The topological polar surface area (TPSA) is 81.1 Å². The zero-order valence-corrected chi connectivity index (χ0v) is 12.2. The van der Waals surface area contributed by atoms with Crippen molar-refractivity contribution < 1.29 is 19.8 Å². The van der Waals surface area contributed by atoms with E-state index in [1.165, 1.54) is 9.80 Å². The molecule has 114 valence electrons. The highest BCUT2D eigenvalue weighted by atomic mass is 16.4. The van der Waals surface area contributed by atoms with Gasteiger partial charge in [0.15, 0.2) is 0 Å². The van der Waals surface area contributed by atoms with E-state index in [2.05, 4.69) is 0 Å². The Balaban J connectivity index is 2.26. The van der Waals surface area contributed by atoms with E-state index >= 15 is 0 Å². The van der Waals surface area contributed by atoms with E-state index in [9.17, 15) is 19.8 Å². The van der Waals surface area contributed by atoms with Gasteiger partial charge >= 0.3 is 12.0 Å². The number of anilines is 1. The molecule has 1 aliphatic rings. The number of β-amino-alcohol motifs (C(OH)–C–C–N with tert-alkyl or cyclic N) is 1. The van der Waals surface area contributed by atoms with Gasteiger partial charge in [-0.25, -0.2) is 9.59 Å². The van der Waals surface area contributed by atoms with Gasteiger partial charge in [-0.1, -0.05) is 12.1 Å². The Morgan fingerprint density at radius 3 is 2.71 bits per heavy atom. The SMILES string of the molecule is CCN(C(=O)N1CC(O)C[C@H]1C(=O)O)c1cccc(C)c1. The summed E-state index contributed by atoms with van der Waals surface area (Å²) in [5.74, 6) is -1.08. The van der Waals surface area contributed by atoms with E-state index < -0.39 is 18.1 Å². The Morgan fingerprint density at radius 1 is 1.43 bits per heavy atom. The highest BCUT2D eigenvalue weighted by Gasteiger charge is 2.40. The van der Waals surface area contributed by atoms with Crippen molar-refractivity contribution in [2.45, 2.75) is 32.4 Å². The van der Waals surface area contributed by atoms with Crippen molar-refractivity contribution >= 4 is 17.7 Å². The van der Waals surface area contributed by atoms with E-state index in [0.717, 1.165) is 11.3 Å². The highest BCUT2D eigenvalue weighted by molar-refractivity contribution is 5.95. The van der Waals surface area contributed by atoms with Gasteiger partial charge in [0.1, 0.15) is 6.04 Å². The number of hydrogen-bond donors (Lipinski definition) is 2. The predicted molar refractivity (Wildman–Crippen MR) is 78.3 cm³/mol. The van der Waals surface area contributed by atoms with E-state index in [0.29, 0.717) is 6.54 Å². The number of benzene rings is 1. The lowest BCUT2D eigenvalue weighted by Crippen LogP contribution is -2.48. The van der Waals surface area contributed by atoms with E-state index in [1.807, 2.05) is 38.1 Å². The first kappa shape index (κ1) is 15.3. The number of carbonyl (C=O) groups excluding carboxylic acids is 1. The van der Waals surface area contributed by atoms with Crippen LogP contribution in [0.25, 0.3) is 0 Å². The summed E-state index contributed by atoms with van der Waals surface area (Å²) in [6, 6.07) is 6.13. The van der Waals surface area contributed by atoms with Crippen molar-refractivity contribution in [3.8, 4) is 0 Å². The molecule has 1 unspecified atom stereocenters. The summed E-state index contributed by atoms with van der Waals surface area (Å²) >= 11 is 0. The van der Waals surface area contributed by atoms with Gasteiger partial charge in [0.2, 0.25) is 0 Å². The van der Waals surface area contributed by atoms with Gasteiger partial charge in [-0.05, 0) is 31.5 Å². The maximum atomic E-state index is 12.6. The molecule has 0 saturated carbocycles. The Labute approximate surface area is 123 Å². The first-order valence-electron chi connectivity index (χ1n) is 6.99. The summed E-state index contributed by atoms with van der Waals surface area (Å²) in [6.07, 6.45) is -0.710. The van der Waals surface area contributed by atoms with Crippen LogP contribution in [0.3, 0.4) is 0 Å². The molecule has 2 atom stereocenters. The van der Waals surface area contributed by atoms with Gasteiger partial charge in [0.25, 0.3) is 0 Å². The summed E-state index contributed by atoms with van der Waals surface area (Å²) in [5.41, 5.74) is 1.75. The quantitative estimate of drug-likeness (QED) is 0.883. The number of aliphatic hydroxyl groups excluding tert-OH is 1. The summed E-state index contributed by atoms with van der Waals surface area (Å²) in [7, 11) is 0. The number of aliphatic hydroxyl groups is 1. The number of amides is 2. The second-order valence-electron chi connectivity index (χ2n) is 5.26. The van der Waals surface area contributed by atoms with E-state index in [4.69, 9.17) is 0 Å². The van der Waals surface area contributed by atoms with Crippen LogP contribution < -0.4 is 4.90 Å². The van der Waals surface area contributed by atoms with Crippen molar-refractivity contribution in [3.63, 3.8) is 0 Å². The average Bonchev–Trinajstić information content (AvgIpc) is 2.82. The zero-order chi connectivity index (χ0) is 15.6. The molecule has 1 saturated heterocycles. The smallest absolute Gasteiger partial charge is 0.326 e. The van der Waals surface area contributed by atoms with Crippen molar-refractivity contribution in [2.75, 3.05) is 18.0 Å². The van der Waals surface area contributed by atoms with E-state index in [1.54, 1.807) is 0 Å². The lowest BCUT2D eigenvalue weighted by atomic mass is 10.2. The molecule has 0 radical (unpaired) electrons. The van der Waals surface area contributed by atoms with Crippen molar-refractivity contribution in [1.82, 2.24) is 4.90 Å². The second kappa shape index (κ2) is 6.13. The molecule has 2 N–H and O–H groups in total. The Kier molecular flexibility index (Phi) is 4.47. The number of likely N-dealkylation sites (tertiary alicyclic amines) is 1. The van der Waals surface area contributed by atoms with Gasteiger partial charge in [0.05, 0.1) is 6.10 Å². The average molecular weight is 292 g/mol. The third kappa shape index (κ3) is 3.16. The minimum Gasteiger partial charge on any atom is -0.480 e. The van der Waals surface area contributed by atoms with Crippen molar-refractivity contribution in [1.29, 1.82) is 0 Å². The highest BCUT2D eigenvalue weighted by Crippen LogP contribution is 2.23. The third-order valence-electron chi connectivity index (χ3n) is 3.67. The second-order valence-corrected chi connectivity index (χ2v) is 5.26. The molecule has 0 bridgehead atoms. The Bertz CT molecular complexity index is 546. The van der Waals surface area contributed by atoms with Gasteiger partial charge < -0.3 is 15.1 Å². The third-order valence-corrected chi connectivity index (χ3v) is 3.67. The number of nitrogens with zero attached hydrogens (tertiary/aromatic N) is 2. The molecule has 2 rings (SSSR count). The van der Waals surface area contributed by atoms with Gasteiger partial charge in [-0.15, -0.1) is 0 Å².